The summed E-state index contributed by atoms with van der Waals surface area (Å²) >= 11 is 6.38. The summed E-state index contributed by atoms with van der Waals surface area (Å²) in [5.74, 6) is 0.150. The molecule has 1 unspecified atom stereocenters. The Morgan fingerprint density at radius 3 is 2.72 bits per heavy atom. The average molecular weight is 358 g/mol. The highest BCUT2D eigenvalue weighted by Crippen LogP contribution is 2.40. The van der Waals surface area contributed by atoms with Gasteiger partial charge in [-0.05, 0) is 38.6 Å². The highest BCUT2D eigenvalue weighted by Gasteiger charge is 2.36. The molecule has 0 fully saturated rings. The minimum atomic E-state index is -0.0802. The lowest BCUT2D eigenvalue weighted by molar-refractivity contribution is -0.134. The third kappa shape index (κ3) is 2.51. The zero-order chi connectivity index (χ0) is 17.7. The van der Waals surface area contributed by atoms with Crippen molar-refractivity contribution in [2.45, 2.75) is 26.4 Å². The van der Waals surface area contributed by atoms with E-state index in [2.05, 4.69) is 40.9 Å². The average Bonchev–Trinajstić information content (AvgIpc) is 3.04. The van der Waals surface area contributed by atoms with Crippen LogP contribution in [0.1, 0.15) is 19.4 Å². The summed E-state index contributed by atoms with van der Waals surface area (Å²) in [6.45, 7) is 7.29. The fourth-order valence-electron chi connectivity index (χ4n) is 4.34. The summed E-state index contributed by atoms with van der Waals surface area (Å²) < 4.78 is 2.29. The second-order valence-corrected chi connectivity index (χ2v) is 7.43. The maximum Gasteiger partial charge on any atom is 0.230 e. The van der Waals surface area contributed by atoms with Crippen molar-refractivity contribution >= 4 is 34.0 Å². The normalized spacial score (nSPS) is 22.6. The lowest BCUT2D eigenvalue weighted by atomic mass is 9.85. The summed E-state index contributed by atoms with van der Waals surface area (Å²) in [4.78, 5) is 17.2. The number of rotatable bonds is 3. The first-order valence-electron chi connectivity index (χ1n) is 9.03. The SMILES string of the molecule is CCN(CC)C(=O)[C@@H]1C=C2c3ccc(Cl)c4ccn(c34)CC2N(C)C1. The third-order valence-electron chi connectivity index (χ3n) is 5.70. The molecule has 1 aromatic heterocycles. The number of halogens is 1. The van der Waals surface area contributed by atoms with Crippen molar-refractivity contribution in [1.82, 2.24) is 14.4 Å². The highest BCUT2D eigenvalue weighted by molar-refractivity contribution is 6.35. The van der Waals surface area contributed by atoms with Gasteiger partial charge in [0.2, 0.25) is 5.91 Å². The fraction of sp³-hybridized carbons (Fsp3) is 0.450. The van der Waals surface area contributed by atoms with Crippen LogP contribution in [0, 0.1) is 5.92 Å². The molecule has 0 aliphatic carbocycles. The Bertz CT molecular complexity index is 865. The molecule has 2 aliphatic rings. The zero-order valence-corrected chi connectivity index (χ0v) is 15.8. The smallest absolute Gasteiger partial charge is 0.230 e. The molecule has 25 heavy (non-hydrogen) atoms. The van der Waals surface area contributed by atoms with Crippen molar-refractivity contribution < 1.29 is 4.79 Å². The maximum absolute atomic E-state index is 12.9. The number of likely N-dealkylation sites (N-methyl/N-ethyl adjacent to an activating group) is 1. The molecule has 5 heteroatoms. The molecular formula is C20H24ClN3O. The van der Waals surface area contributed by atoms with Crippen LogP contribution in [0.2, 0.25) is 5.02 Å². The Balaban J connectivity index is 1.82. The lowest BCUT2D eigenvalue weighted by Crippen LogP contribution is -2.48. The van der Waals surface area contributed by atoms with Gasteiger partial charge in [-0.1, -0.05) is 23.7 Å². The Morgan fingerprint density at radius 1 is 1.24 bits per heavy atom. The maximum atomic E-state index is 12.9. The van der Waals surface area contributed by atoms with Crippen molar-refractivity contribution in [3.8, 4) is 0 Å². The largest absolute Gasteiger partial charge is 0.345 e. The Hall–Kier alpha value is -1.78. The topological polar surface area (TPSA) is 28.5 Å². The fourth-order valence-corrected chi connectivity index (χ4v) is 4.56. The second kappa shape index (κ2) is 6.19. The van der Waals surface area contributed by atoms with Gasteiger partial charge in [0.05, 0.1) is 17.5 Å². The quantitative estimate of drug-likeness (QED) is 0.841. The van der Waals surface area contributed by atoms with Gasteiger partial charge in [0.15, 0.2) is 0 Å². The van der Waals surface area contributed by atoms with Crippen LogP contribution in [0.5, 0.6) is 0 Å². The van der Waals surface area contributed by atoms with Crippen molar-refractivity contribution in [2.75, 3.05) is 26.7 Å². The summed E-state index contributed by atoms with van der Waals surface area (Å²) in [5, 5.41) is 1.88. The second-order valence-electron chi connectivity index (χ2n) is 7.02. The third-order valence-corrected chi connectivity index (χ3v) is 6.03. The highest BCUT2D eigenvalue weighted by atomic mass is 35.5. The van der Waals surface area contributed by atoms with Crippen molar-refractivity contribution in [3.63, 3.8) is 0 Å². The van der Waals surface area contributed by atoms with E-state index in [4.69, 9.17) is 11.6 Å². The van der Waals surface area contributed by atoms with Crippen LogP contribution < -0.4 is 0 Å². The number of fused-ring (bicyclic) bond motifs is 2. The van der Waals surface area contributed by atoms with Gasteiger partial charge in [0.1, 0.15) is 0 Å². The van der Waals surface area contributed by atoms with Crippen LogP contribution >= 0.6 is 11.6 Å². The molecule has 3 heterocycles. The van der Waals surface area contributed by atoms with Crippen molar-refractivity contribution in [3.05, 3.63) is 41.1 Å². The van der Waals surface area contributed by atoms with Crippen LogP contribution in [0.3, 0.4) is 0 Å². The van der Waals surface area contributed by atoms with Crippen molar-refractivity contribution in [1.29, 1.82) is 0 Å². The van der Waals surface area contributed by atoms with E-state index in [-0.39, 0.29) is 11.8 Å². The van der Waals surface area contributed by atoms with Crippen LogP contribution in [0.25, 0.3) is 16.5 Å². The monoisotopic (exact) mass is 357 g/mol. The molecule has 2 aliphatic heterocycles. The predicted octanol–water partition coefficient (Wildman–Crippen LogP) is 3.49. The number of nitrogens with zero attached hydrogens (tertiary/aromatic N) is 3. The standard InChI is InChI=1S/C20H24ClN3O/c1-4-23(5-2)20(25)13-10-16-14-6-7-17(21)15-8-9-24(19(14)15)12-18(16)22(3)11-13/h6-10,13,18H,4-5,11-12H2,1-3H3/t13-,18?/m1/s1. The number of carbonyl (C=O) groups excluding carboxylic acids is 1. The van der Waals surface area contributed by atoms with Gasteiger partial charge >= 0.3 is 0 Å². The summed E-state index contributed by atoms with van der Waals surface area (Å²) in [6, 6.07) is 6.49. The van der Waals surface area contributed by atoms with Gasteiger partial charge in [0, 0.05) is 48.3 Å². The van der Waals surface area contributed by atoms with Gasteiger partial charge in [-0.15, -0.1) is 0 Å². The molecule has 4 nitrogen and oxygen atoms in total. The van der Waals surface area contributed by atoms with Gasteiger partial charge in [0.25, 0.3) is 0 Å². The van der Waals surface area contributed by atoms with E-state index in [9.17, 15) is 4.79 Å². The van der Waals surface area contributed by atoms with Gasteiger partial charge in [-0.2, -0.15) is 0 Å². The van der Waals surface area contributed by atoms with Gasteiger partial charge in [-0.25, -0.2) is 0 Å². The molecule has 1 aromatic carbocycles. The molecule has 0 saturated heterocycles. The first-order valence-corrected chi connectivity index (χ1v) is 9.41. The molecule has 0 N–H and O–H groups in total. The summed E-state index contributed by atoms with van der Waals surface area (Å²) in [5.41, 5.74) is 3.68. The number of benzene rings is 1. The molecule has 4 rings (SSSR count). The van der Waals surface area contributed by atoms with E-state index in [0.717, 1.165) is 36.6 Å². The first-order chi connectivity index (χ1) is 12.0. The first kappa shape index (κ1) is 16.7. The van der Waals surface area contributed by atoms with E-state index in [1.54, 1.807) is 0 Å². The van der Waals surface area contributed by atoms with Crippen molar-refractivity contribution in [2.24, 2.45) is 5.92 Å². The number of hydrogen-bond acceptors (Lipinski definition) is 2. The van der Waals surface area contributed by atoms with E-state index in [1.807, 2.05) is 24.8 Å². The molecule has 2 atom stereocenters. The van der Waals surface area contributed by atoms with Crippen LogP contribution in [-0.4, -0.2) is 53.0 Å². The molecule has 0 radical (unpaired) electrons. The predicted molar refractivity (Wildman–Crippen MR) is 103 cm³/mol. The summed E-state index contributed by atoms with van der Waals surface area (Å²) in [7, 11) is 2.13. The van der Waals surface area contributed by atoms with E-state index in [1.165, 1.54) is 16.7 Å². The Kier molecular flexibility index (Phi) is 4.13. The molecule has 2 aromatic rings. The number of aromatic nitrogens is 1. The Labute approximate surface area is 153 Å². The van der Waals surface area contributed by atoms with Crippen LogP contribution in [0.4, 0.5) is 0 Å². The van der Waals surface area contributed by atoms with Gasteiger partial charge in [-0.3, -0.25) is 9.69 Å². The molecule has 0 spiro atoms. The number of hydrogen-bond donors (Lipinski definition) is 0. The lowest BCUT2D eigenvalue weighted by Gasteiger charge is -2.41. The molecule has 0 saturated carbocycles. The number of carbonyl (C=O) groups is 1. The Morgan fingerprint density at radius 2 is 2.00 bits per heavy atom. The molecular weight excluding hydrogens is 334 g/mol. The van der Waals surface area contributed by atoms with E-state index < -0.39 is 0 Å². The minimum Gasteiger partial charge on any atom is -0.345 e. The van der Waals surface area contributed by atoms with E-state index in [0.29, 0.717) is 6.04 Å². The molecule has 0 bridgehead atoms. The van der Waals surface area contributed by atoms with Gasteiger partial charge < -0.3 is 9.47 Å². The van der Waals surface area contributed by atoms with Crippen LogP contribution in [-0.2, 0) is 11.3 Å². The minimum absolute atomic E-state index is 0.0802. The molecule has 132 valence electrons. The summed E-state index contributed by atoms with van der Waals surface area (Å²) in [6.07, 6.45) is 4.34. The van der Waals surface area contributed by atoms with E-state index >= 15 is 0 Å². The van der Waals surface area contributed by atoms with Crippen LogP contribution in [0.15, 0.2) is 30.5 Å². The zero-order valence-electron chi connectivity index (χ0n) is 15.0. The molecule has 1 amide bonds. The number of amides is 1.